The second-order valence-electron chi connectivity index (χ2n) is 5.51. The van der Waals surface area contributed by atoms with Crippen LogP contribution in [0.15, 0.2) is 60.7 Å². The lowest BCUT2D eigenvalue weighted by molar-refractivity contribution is -0.0284. The zero-order valence-corrected chi connectivity index (χ0v) is 17.8. The Bertz CT molecular complexity index is 495. The minimum Gasteiger partial charge on any atom is -0.394 e. The zero-order valence-electron chi connectivity index (χ0n) is 14.6. The van der Waals surface area contributed by atoms with E-state index in [0.717, 1.165) is 16.2 Å². The van der Waals surface area contributed by atoms with E-state index >= 15 is 0 Å². The molecule has 0 radical (unpaired) electrons. The standard InChI is InChI=1S/C10H12Br2O.C10H14O3/c2*11-6-10(7-12)13-8-9-4-2-1-3-5-9/h1-5,10H,6-8H2;1-5,10-12H,6-8H2. The van der Waals surface area contributed by atoms with Gasteiger partial charge in [-0.15, -0.1) is 0 Å². The maximum atomic E-state index is 8.72. The number of aliphatic hydroxyl groups is 2. The van der Waals surface area contributed by atoms with E-state index in [2.05, 4.69) is 44.0 Å². The van der Waals surface area contributed by atoms with Gasteiger partial charge in [0.25, 0.3) is 0 Å². The Hall–Kier alpha value is -0.760. The van der Waals surface area contributed by atoms with Gasteiger partial charge in [-0.3, -0.25) is 0 Å². The highest BCUT2D eigenvalue weighted by Crippen LogP contribution is 2.07. The molecule has 2 rings (SSSR count). The molecule has 4 nitrogen and oxygen atoms in total. The number of benzene rings is 2. The van der Waals surface area contributed by atoms with Gasteiger partial charge in [0, 0.05) is 10.7 Å². The van der Waals surface area contributed by atoms with Gasteiger partial charge in [0.2, 0.25) is 0 Å². The van der Waals surface area contributed by atoms with Gasteiger partial charge >= 0.3 is 0 Å². The van der Waals surface area contributed by atoms with Crippen molar-refractivity contribution < 1.29 is 19.7 Å². The van der Waals surface area contributed by atoms with Gasteiger partial charge < -0.3 is 19.7 Å². The predicted molar refractivity (Wildman–Crippen MR) is 112 cm³/mol. The fraction of sp³-hybridized carbons (Fsp3) is 0.400. The molecule has 144 valence electrons. The average molecular weight is 490 g/mol. The van der Waals surface area contributed by atoms with E-state index in [0.29, 0.717) is 13.2 Å². The number of hydrogen-bond donors (Lipinski definition) is 2. The van der Waals surface area contributed by atoms with Crippen LogP contribution in [0.2, 0.25) is 0 Å². The number of aliphatic hydroxyl groups excluding tert-OH is 2. The van der Waals surface area contributed by atoms with Crippen molar-refractivity contribution in [1.82, 2.24) is 0 Å². The number of halogens is 2. The molecule has 0 aliphatic carbocycles. The molecule has 2 N–H and O–H groups in total. The van der Waals surface area contributed by atoms with E-state index < -0.39 is 6.10 Å². The number of ether oxygens (including phenoxy) is 2. The summed E-state index contributed by atoms with van der Waals surface area (Å²) in [4.78, 5) is 0. The first kappa shape index (κ1) is 23.3. The molecule has 0 unspecified atom stereocenters. The molecule has 6 heteroatoms. The molecule has 0 fully saturated rings. The number of rotatable bonds is 10. The van der Waals surface area contributed by atoms with Crippen LogP contribution in [0.25, 0.3) is 0 Å². The minimum atomic E-state index is -0.472. The van der Waals surface area contributed by atoms with E-state index in [1.807, 2.05) is 48.5 Å². The molecule has 0 atom stereocenters. The third-order valence-corrected chi connectivity index (χ3v) is 4.85. The second-order valence-corrected chi connectivity index (χ2v) is 6.81. The first-order chi connectivity index (χ1) is 12.7. The smallest absolute Gasteiger partial charge is 0.104 e. The summed E-state index contributed by atoms with van der Waals surface area (Å²) in [5.41, 5.74) is 2.25. The summed E-state index contributed by atoms with van der Waals surface area (Å²) in [7, 11) is 0. The van der Waals surface area contributed by atoms with Gasteiger partial charge in [-0.25, -0.2) is 0 Å². The highest BCUT2D eigenvalue weighted by Gasteiger charge is 2.05. The van der Waals surface area contributed by atoms with Crippen molar-refractivity contribution in [3.63, 3.8) is 0 Å². The van der Waals surface area contributed by atoms with Crippen LogP contribution in [0.5, 0.6) is 0 Å². The quantitative estimate of drug-likeness (QED) is 0.496. The van der Waals surface area contributed by atoms with E-state index in [1.54, 1.807) is 0 Å². The van der Waals surface area contributed by atoms with Gasteiger partial charge in [-0.2, -0.15) is 0 Å². The van der Waals surface area contributed by atoms with Crippen LogP contribution in [0, 0.1) is 0 Å². The molecule has 0 saturated heterocycles. The number of hydrogen-bond acceptors (Lipinski definition) is 4. The Morgan fingerprint density at radius 3 is 1.38 bits per heavy atom. The molecule has 0 aromatic heterocycles. The summed E-state index contributed by atoms with van der Waals surface area (Å²) in [5.74, 6) is 0. The van der Waals surface area contributed by atoms with Gasteiger partial charge in [-0.05, 0) is 11.1 Å². The summed E-state index contributed by atoms with van der Waals surface area (Å²) in [6.45, 7) is 0.808. The monoisotopic (exact) mass is 488 g/mol. The summed E-state index contributed by atoms with van der Waals surface area (Å²) >= 11 is 6.79. The van der Waals surface area contributed by atoms with Crippen molar-refractivity contribution >= 4 is 31.9 Å². The SMILES string of the molecule is BrCC(CBr)OCc1ccccc1.OCC(CO)OCc1ccccc1. The molecular weight excluding hydrogens is 464 g/mol. The normalized spacial score (nSPS) is 10.7. The molecule has 0 aliphatic rings. The van der Waals surface area contributed by atoms with Gasteiger partial charge in [0.15, 0.2) is 0 Å². The largest absolute Gasteiger partial charge is 0.394 e. The summed E-state index contributed by atoms with van der Waals surface area (Å²) in [6, 6.07) is 19.8. The van der Waals surface area contributed by atoms with E-state index in [1.165, 1.54) is 5.56 Å². The minimum absolute atomic E-state index is 0.149. The highest BCUT2D eigenvalue weighted by molar-refractivity contribution is 9.09. The molecule has 0 spiro atoms. The molecule has 2 aromatic rings. The van der Waals surface area contributed by atoms with Crippen molar-refractivity contribution in [2.75, 3.05) is 23.9 Å². The lowest BCUT2D eigenvalue weighted by Crippen LogP contribution is -2.21. The lowest BCUT2D eigenvalue weighted by Gasteiger charge is -2.11. The van der Waals surface area contributed by atoms with Gasteiger partial charge in [-0.1, -0.05) is 92.5 Å². The van der Waals surface area contributed by atoms with Crippen LogP contribution in [0.1, 0.15) is 11.1 Å². The highest BCUT2D eigenvalue weighted by atomic mass is 79.9. The third-order valence-electron chi connectivity index (χ3n) is 3.41. The second kappa shape index (κ2) is 15.3. The van der Waals surface area contributed by atoms with Crippen LogP contribution in [-0.4, -0.2) is 46.3 Å². The first-order valence-corrected chi connectivity index (χ1v) is 10.6. The van der Waals surface area contributed by atoms with Crippen LogP contribution in [-0.2, 0) is 22.7 Å². The Balaban J connectivity index is 0.000000260. The van der Waals surface area contributed by atoms with Crippen LogP contribution >= 0.6 is 31.9 Å². The van der Waals surface area contributed by atoms with Crippen molar-refractivity contribution in [2.45, 2.75) is 25.4 Å². The Kier molecular flexibility index (Phi) is 13.7. The Morgan fingerprint density at radius 2 is 1.04 bits per heavy atom. The third kappa shape index (κ3) is 10.4. The fourth-order valence-corrected chi connectivity index (χ4v) is 3.32. The number of alkyl halides is 2. The molecule has 26 heavy (non-hydrogen) atoms. The van der Waals surface area contributed by atoms with Crippen molar-refractivity contribution in [3.8, 4) is 0 Å². The van der Waals surface area contributed by atoms with Crippen molar-refractivity contribution in [1.29, 1.82) is 0 Å². The summed E-state index contributed by atoms with van der Waals surface area (Å²) < 4.78 is 10.9. The lowest BCUT2D eigenvalue weighted by atomic mass is 10.2. The Morgan fingerprint density at radius 1 is 0.654 bits per heavy atom. The van der Waals surface area contributed by atoms with Crippen molar-refractivity contribution in [3.05, 3.63) is 71.8 Å². The van der Waals surface area contributed by atoms with Crippen LogP contribution in [0.3, 0.4) is 0 Å². The molecule has 0 bridgehead atoms. The first-order valence-electron chi connectivity index (χ1n) is 8.38. The zero-order chi connectivity index (χ0) is 19.0. The van der Waals surface area contributed by atoms with E-state index in [9.17, 15) is 0 Å². The summed E-state index contributed by atoms with van der Waals surface area (Å²) in [6.07, 6.45) is -0.222. The van der Waals surface area contributed by atoms with Gasteiger partial charge in [0.05, 0.1) is 32.5 Å². The summed E-state index contributed by atoms with van der Waals surface area (Å²) in [5, 5.41) is 19.2. The van der Waals surface area contributed by atoms with E-state index in [-0.39, 0.29) is 19.3 Å². The Labute approximate surface area is 172 Å². The van der Waals surface area contributed by atoms with Crippen LogP contribution in [0.4, 0.5) is 0 Å². The maximum Gasteiger partial charge on any atom is 0.104 e. The fourth-order valence-electron chi connectivity index (χ4n) is 1.87. The predicted octanol–water partition coefficient (Wildman–Crippen LogP) is 3.92. The topological polar surface area (TPSA) is 58.9 Å². The van der Waals surface area contributed by atoms with E-state index in [4.69, 9.17) is 19.7 Å². The maximum absolute atomic E-state index is 8.72. The molecule has 0 amide bonds. The molecule has 0 heterocycles. The average Bonchev–Trinajstić information content (AvgIpc) is 2.71. The molecule has 0 saturated carbocycles. The molecule has 0 aliphatic heterocycles. The van der Waals surface area contributed by atoms with Crippen LogP contribution < -0.4 is 0 Å². The molecular formula is C20H26Br2O4. The molecule has 2 aromatic carbocycles. The van der Waals surface area contributed by atoms with Gasteiger partial charge in [0.1, 0.15) is 6.10 Å². The van der Waals surface area contributed by atoms with Crippen molar-refractivity contribution in [2.24, 2.45) is 0 Å².